The number of hydrogen-bond donors (Lipinski definition) is 1. The summed E-state index contributed by atoms with van der Waals surface area (Å²) in [6.45, 7) is 9.87. The van der Waals surface area contributed by atoms with Crippen LogP contribution in [0.15, 0.2) is 29.2 Å². The molecule has 1 N–H and O–H groups in total. The summed E-state index contributed by atoms with van der Waals surface area (Å²) < 4.78 is 12.8. The number of carbonyl (C=O) groups excluding carboxylic acids is 1. The zero-order valence-electron chi connectivity index (χ0n) is 14.9. The maximum Gasteiger partial charge on any atom is 0.221 e. The summed E-state index contributed by atoms with van der Waals surface area (Å²) in [4.78, 5) is 15.5. The molecule has 1 heterocycles. The molecule has 1 aromatic carbocycles. The minimum absolute atomic E-state index is 0.0928. The summed E-state index contributed by atoms with van der Waals surface area (Å²) in [5, 5.41) is 3.10. The molecule has 3 unspecified atom stereocenters. The SMILES string of the molecule is CC1CC(C)CN(CC(C)NC(=O)CCSc2ccc(F)cc2)C1. The molecule has 1 aliphatic rings. The number of nitrogens with one attached hydrogen (secondary N) is 1. The van der Waals surface area contributed by atoms with Crippen LogP contribution >= 0.6 is 11.8 Å². The van der Waals surface area contributed by atoms with Crippen molar-refractivity contribution in [3.05, 3.63) is 30.1 Å². The van der Waals surface area contributed by atoms with Crippen LogP contribution in [0.3, 0.4) is 0 Å². The quantitative estimate of drug-likeness (QED) is 0.758. The van der Waals surface area contributed by atoms with E-state index in [1.54, 1.807) is 23.9 Å². The van der Waals surface area contributed by atoms with E-state index in [0.717, 1.165) is 36.4 Å². The maximum atomic E-state index is 12.8. The van der Waals surface area contributed by atoms with Crippen LogP contribution in [0.5, 0.6) is 0 Å². The molecule has 3 nitrogen and oxygen atoms in total. The number of rotatable bonds is 7. The third-order valence-electron chi connectivity index (χ3n) is 4.30. The Morgan fingerprint density at radius 2 is 1.92 bits per heavy atom. The molecule has 24 heavy (non-hydrogen) atoms. The average molecular weight is 353 g/mol. The van der Waals surface area contributed by atoms with Gasteiger partial charge in [0.05, 0.1) is 0 Å². The van der Waals surface area contributed by atoms with Crippen molar-refractivity contribution in [2.45, 2.75) is 44.6 Å². The van der Waals surface area contributed by atoms with E-state index >= 15 is 0 Å². The molecule has 1 fully saturated rings. The van der Waals surface area contributed by atoms with Gasteiger partial charge in [-0.25, -0.2) is 4.39 Å². The van der Waals surface area contributed by atoms with Gasteiger partial charge in [-0.05, 0) is 49.4 Å². The van der Waals surface area contributed by atoms with Crippen LogP contribution < -0.4 is 5.32 Å². The van der Waals surface area contributed by atoms with Crippen LogP contribution in [0.2, 0.25) is 0 Å². The van der Waals surface area contributed by atoms with E-state index in [4.69, 9.17) is 0 Å². The lowest BCUT2D eigenvalue weighted by molar-refractivity contribution is -0.121. The molecular weight excluding hydrogens is 323 g/mol. The zero-order chi connectivity index (χ0) is 17.5. The van der Waals surface area contributed by atoms with E-state index in [-0.39, 0.29) is 17.8 Å². The summed E-state index contributed by atoms with van der Waals surface area (Å²) >= 11 is 1.58. The third kappa shape index (κ3) is 6.81. The first-order valence-corrected chi connectivity index (χ1v) is 9.81. The Hall–Kier alpha value is -1.07. The third-order valence-corrected chi connectivity index (χ3v) is 5.31. The van der Waals surface area contributed by atoms with Crippen LogP contribution in [0.25, 0.3) is 0 Å². The second kappa shape index (κ2) is 9.42. The van der Waals surface area contributed by atoms with E-state index in [2.05, 4.69) is 31.0 Å². The van der Waals surface area contributed by atoms with Gasteiger partial charge in [-0.1, -0.05) is 13.8 Å². The number of amides is 1. The second-order valence-corrected chi connectivity index (χ2v) is 8.35. The summed E-state index contributed by atoms with van der Waals surface area (Å²) in [5.74, 6) is 2.05. The fourth-order valence-corrected chi connectivity index (χ4v) is 4.37. The van der Waals surface area contributed by atoms with Crippen molar-refractivity contribution in [3.8, 4) is 0 Å². The largest absolute Gasteiger partial charge is 0.352 e. The molecule has 134 valence electrons. The molecule has 0 aliphatic carbocycles. The second-order valence-electron chi connectivity index (χ2n) is 7.19. The summed E-state index contributed by atoms with van der Waals surface area (Å²) in [7, 11) is 0. The first-order valence-electron chi connectivity index (χ1n) is 8.82. The number of hydrogen-bond acceptors (Lipinski definition) is 3. The van der Waals surface area contributed by atoms with Crippen molar-refractivity contribution >= 4 is 17.7 Å². The number of carbonyl (C=O) groups is 1. The highest BCUT2D eigenvalue weighted by molar-refractivity contribution is 7.99. The number of benzene rings is 1. The van der Waals surface area contributed by atoms with Crippen molar-refractivity contribution in [1.82, 2.24) is 10.2 Å². The lowest BCUT2D eigenvalue weighted by Gasteiger charge is -2.36. The fourth-order valence-electron chi connectivity index (χ4n) is 3.51. The molecule has 5 heteroatoms. The van der Waals surface area contributed by atoms with Crippen molar-refractivity contribution in [3.63, 3.8) is 0 Å². The average Bonchev–Trinajstić information content (AvgIpc) is 2.48. The van der Waals surface area contributed by atoms with Crippen LogP contribution in [0, 0.1) is 17.7 Å². The van der Waals surface area contributed by atoms with Crippen LogP contribution in [-0.4, -0.2) is 42.2 Å². The maximum absolute atomic E-state index is 12.8. The summed E-state index contributed by atoms with van der Waals surface area (Å²) in [6.07, 6.45) is 1.79. The van der Waals surface area contributed by atoms with E-state index in [0.29, 0.717) is 12.2 Å². The van der Waals surface area contributed by atoms with Gasteiger partial charge >= 0.3 is 0 Å². The monoisotopic (exact) mass is 352 g/mol. The molecular formula is C19H29FN2OS. The summed E-state index contributed by atoms with van der Waals surface area (Å²) in [6, 6.07) is 6.57. The highest BCUT2D eigenvalue weighted by Gasteiger charge is 2.23. The van der Waals surface area contributed by atoms with Crippen LogP contribution in [0.1, 0.15) is 33.6 Å². The molecule has 1 aromatic rings. The van der Waals surface area contributed by atoms with Gasteiger partial charge < -0.3 is 10.2 Å². The van der Waals surface area contributed by atoms with E-state index < -0.39 is 0 Å². The van der Waals surface area contributed by atoms with Crippen molar-refractivity contribution in [1.29, 1.82) is 0 Å². The van der Waals surface area contributed by atoms with E-state index in [9.17, 15) is 9.18 Å². The first kappa shape index (κ1) is 19.3. The highest BCUT2D eigenvalue weighted by Crippen LogP contribution is 2.21. The molecule has 0 spiro atoms. The van der Waals surface area contributed by atoms with Crippen molar-refractivity contribution in [2.75, 3.05) is 25.4 Å². The van der Waals surface area contributed by atoms with Crippen LogP contribution in [-0.2, 0) is 4.79 Å². The number of thioether (sulfide) groups is 1. The number of nitrogens with zero attached hydrogens (tertiary/aromatic N) is 1. The molecule has 0 aromatic heterocycles. The topological polar surface area (TPSA) is 32.3 Å². The molecule has 1 amide bonds. The fraction of sp³-hybridized carbons (Fsp3) is 0.632. The van der Waals surface area contributed by atoms with Gasteiger partial charge in [0.25, 0.3) is 0 Å². The van der Waals surface area contributed by atoms with Gasteiger partial charge in [-0.3, -0.25) is 4.79 Å². The zero-order valence-corrected chi connectivity index (χ0v) is 15.7. The molecule has 2 rings (SSSR count). The molecule has 1 saturated heterocycles. The predicted molar refractivity (Wildman–Crippen MR) is 98.7 cm³/mol. The molecule has 0 saturated carbocycles. The standard InChI is InChI=1S/C19H29FN2OS/c1-14-10-15(2)12-22(11-14)13-16(3)21-19(23)8-9-24-18-6-4-17(20)5-7-18/h4-7,14-16H,8-13H2,1-3H3,(H,21,23). The molecule has 1 aliphatic heterocycles. The Balaban J connectivity index is 1.65. The number of piperidine rings is 1. The van der Waals surface area contributed by atoms with Crippen LogP contribution in [0.4, 0.5) is 4.39 Å². The Kier molecular flexibility index (Phi) is 7.56. The Labute approximate surface area is 149 Å². The van der Waals surface area contributed by atoms with E-state index in [1.165, 1.54) is 18.6 Å². The number of halogens is 1. The number of likely N-dealkylation sites (tertiary alicyclic amines) is 1. The van der Waals surface area contributed by atoms with Gasteiger partial charge in [0.1, 0.15) is 5.82 Å². The lowest BCUT2D eigenvalue weighted by atomic mass is 9.92. The Morgan fingerprint density at radius 3 is 2.54 bits per heavy atom. The Bertz CT molecular complexity index is 513. The van der Waals surface area contributed by atoms with Gasteiger partial charge in [0.2, 0.25) is 5.91 Å². The smallest absolute Gasteiger partial charge is 0.221 e. The van der Waals surface area contributed by atoms with Gasteiger partial charge in [0.15, 0.2) is 0 Å². The minimum atomic E-state index is -0.229. The van der Waals surface area contributed by atoms with Gasteiger partial charge in [0, 0.05) is 42.7 Å². The normalized spacial score (nSPS) is 23.0. The molecule has 0 bridgehead atoms. The lowest BCUT2D eigenvalue weighted by Crippen LogP contribution is -2.47. The molecule has 3 atom stereocenters. The first-order chi connectivity index (χ1) is 11.4. The van der Waals surface area contributed by atoms with Gasteiger partial charge in [-0.2, -0.15) is 0 Å². The summed E-state index contributed by atoms with van der Waals surface area (Å²) in [5.41, 5.74) is 0. The Morgan fingerprint density at radius 1 is 1.29 bits per heavy atom. The van der Waals surface area contributed by atoms with Gasteiger partial charge in [-0.15, -0.1) is 11.8 Å². The van der Waals surface area contributed by atoms with Crippen molar-refractivity contribution in [2.24, 2.45) is 11.8 Å². The minimum Gasteiger partial charge on any atom is -0.352 e. The van der Waals surface area contributed by atoms with Crippen molar-refractivity contribution < 1.29 is 9.18 Å². The van der Waals surface area contributed by atoms with E-state index in [1.807, 2.05) is 0 Å². The molecule has 0 radical (unpaired) electrons. The predicted octanol–water partition coefficient (Wildman–Crippen LogP) is 3.79. The highest BCUT2D eigenvalue weighted by atomic mass is 32.2.